The number of fused-ring (bicyclic) bond motifs is 1. The van der Waals surface area contributed by atoms with Gasteiger partial charge in [-0.05, 0) is 19.4 Å². The van der Waals surface area contributed by atoms with Crippen molar-refractivity contribution in [3.63, 3.8) is 0 Å². The van der Waals surface area contributed by atoms with E-state index in [-0.39, 0.29) is 11.7 Å². The second-order valence-electron chi connectivity index (χ2n) is 4.68. The highest BCUT2D eigenvalue weighted by Crippen LogP contribution is 2.35. The Bertz CT molecular complexity index is 604. The van der Waals surface area contributed by atoms with E-state index in [9.17, 15) is 4.79 Å². The molecule has 2 heterocycles. The Labute approximate surface area is 112 Å². The zero-order chi connectivity index (χ0) is 13.2. The molecule has 0 N–H and O–H groups in total. The molecule has 1 unspecified atom stereocenters. The minimum absolute atomic E-state index is 0.112. The minimum atomic E-state index is -0.112. The number of ketones is 1. The summed E-state index contributed by atoms with van der Waals surface area (Å²) < 4.78 is 7.37. The summed E-state index contributed by atoms with van der Waals surface area (Å²) in [5.41, 5.74) is 1.67. The van der Waals surface area contributed by atoms with Crippen LogP contribution in [0.1, 0.15) is 35.2 Å². The molecule has 1 aromatic carbocycles. The number of rotatable bonds is 3. The van der Waals surface area contributed by atoms with Gasteiger partial charge in [0, 0.05) is 18.3 Å². The molecule has 0 radical (unpaired) electrons. The molecule has 19 heavy (non-hydrogen) atoms. The lowest BCUT2D eigenvalue weighted by molar-refractivity contribution is 0.0933. The molecule has 4 nitrogen and oxygen atoms in total. The van der Waals surface area contributed by atoms with Crippen molar-refractivity contribution in [2.45, 2.75) is 25.8 Å². The van der Waals surface area contributed by atoms with E-state index in [1.807, 2.05) is 37.4 Å². The van der Waals surface area contributed by atoms with E-state index in [0.29, 0.717) is 12.2 Å². The molecule has 4 heteroatoms. The van der Waals surface area contributed by atoms with Gasteiger partial charge in [-0.15, -0.1) is 0 Å². The predicted octanol–water partition coefficient (Wildman–Crippen LogP) is 2.65. The number of nitrogens with zero attached hydrogens (tertiary/aromatic N) is 2. The highest BCUT2D eigenvalue weighted by molar-refractivity contribution is 6.01. The number of benzene rings is 1. The summed E-state index contributed by atoms with van der Waals surface area (Å²) in [6, 6.07) is 7.77. The normalized spacial score (nSPS) is 17.6. The molecule has 0 spiro atoms. The molecule has 1 aromatic heterocycles. The Kier molecular flexibility index (Phi) is 3.07. The van der Waals surface area contributed by atoms with E-state index in [2.05, 4.69) is 5.10 Å². The summed E-state index contributed by atoms with van der Waals surface area (Å²) in [6.07, 6.45) is 4.21. The van der Waals surface area contributed by atoms with E-state index in [4.69, 9.17) is 4.74 Å². The number of aromatic nitrogens is 2. The third-order valence-electron chi connectivity index (χ3n) is 3.52. The van der Waals surface area contributed by atoms with Gasteiger partial charge in [-0.25, -0.2) is 0 Å². The van der Waals surface area contributed by atoms with E-state index in [0.717, 1.165) is 24.3 Å². The molecule has 0 aliphatic carbocycles. The molecular formula is C15H16N2O2. The zero-order valence-electron chi connectivity index (χ0n) is 10.9. The van der Waals surface area contributed by atoms with Crippen molar-refractivity contribution >= 4 is 5.78 Å². The third kappa shape index (κ3) is 2.14. The Balaban J connectivity index is 1.93. The van der Waals surface area contributed by atoms with Crippen molar-refractivity contribution in [1.82, 2.24) is 9.78 Å². The zero-order valence-corrected chi connectivity index (χ0v) is 10.9. The molecule has 0 saturated heterocycles. The molecule has 1 aliphatic rings. The molecule has 98 valence electrons. The molecule has 0 amide bonds. The molecule has 0 saturated carbocycles. The van der Waals surface area contributed by atoms with Gasteiger partial charge in [-0.3, -0.25) is 9.48 Å². The van der Waals surface area contributed by atoms with Crippen molar-refractivity contribution in [2.75, 3.05) is 6.61 Å². The fraction of sp³-hybridized carbons (Fsp3) is 0.333. The van der Waals surface area contributed by atoms with Crippen LogP contribution in [0.2, 0.25) is 0 Å². The maximum absolute atomic E-state index is 12.6. The quantitative estimate of drug-likeness (QED) is 0.793. The third-order valence-corrected chi connectivity index (χ3v) is 3.52. The van der Waals surface area contributed by atoms with Crippen LogP contribution < -0.4 is 4.74 Å². The lowest BCUT2D eigenvalue weighted by atomic mass is 9.87. The fourth-order valence-electron chi connectivity index (χ4n) is 2.48. The summed E-state index contributed by atoms with van der Waals surface area (Å²) >= 11 is 0. The first-order valence-corrected chi connectivity index (χ1v) is 6.58. The Morgan fingerprint density at radius 2 is 2.32 bits per heavy atom. The first-order chi connectivity index (χ1) is 9.29. The molecular weight excluding hydrogens is 240 g/mol. The van der Waals surface area contributed by atoms with Crippen LogP contribution in [-0.2, 0) is 6.54 Å². The van der Waals surface area contributed by atoms with Gasteiger partial charge in [0.05, 0.1) is 24.3 Å². The minimum Gasteiger partial charge on any atom is -0.493 e. The topological polar surface area (TPSA) is 44.1 Å². The second kappa shape index (κ2) is 4.88. The lowest BCUT2D eigenvalue weighted by Gasteiger charge is -2.24. The van der Waals surface area contributed by atoms with Gasteiger partial charge in [0.1, 0.15) is 5.75 Å². The maximum Gasteiger partial charge on any atom is 0.173 e. The number of Topliss-reactive ketones (excluding diaryl/α,β-unsaturated/α-hetero) is 1. The van der Waals surface area contributed by atoms with Crippen molar-refractivity contribution in [3.8, 4) is 5.75 Å². The average Bonchev–Trinajstić information content (AvgIpc) is 2.95. The molecule has 0 fully saturated rings. The van der Waals surface area contributed by atoms with Gasteiger partial charge in [0.25, 0.3) is 0 Å². The highest BCUT2D eigenvalue weighted by Gasteiger charge is 2.28. The summed E-state index contributed by atoms with van der Waals surface area (Å²) in [6.45, 7) is 3.37. The van der Waals surface area contributed by atoms with Crippen LogP contribution in [-0.4, -0.2) is 22.2 Å². The SMILES string of the molecule is CCn1cc(C(=O)C2CCOc3ccccc32)cn1. The Morgan fingerprint density at radius 1 is 1.47 bits per heavy atom. The second-order valence-corrected chi connectivity index (χ2v) is 4.68. The summed E-state index contributed by atoms with van der Waals surface area (Å²) in [5, 5.41) is 4.17. The van der Waals surface area contributed by atoms with E-state index < -0.39 is 0 Å². The number of para-hydroxylation sites is 1. The molecule has 1 aliphatic heterocycles. The first-order valence-electron chi connectivity index (χ1n) is 6.58. The van der Waals surface area contributed by atoms with Crippen LogP contribution in [0.25, 0.3) is 0 Å². The van der Waals surface area contributed by atoms with Crippen molar-refractivity contribution < 1.29 is 9.53 Å². The summed E-state index contributed by atoms with van der Waals surface area (Å²) in [5.74, 6) is 0.852. The van der Waals surface area contributed by atoms with E-state index >= 15 is 0 Å². The average molecular weight is 256 g/mol. The van der Waals surface area contributed by atoms with E-state index in [1.165, 1.54) is 0 Å². The summed E-state index contributed by atoms with van der Waals surface area (Å²) in [7, 11) is 0. The number of hydrogen-bond acceptors (Lipinski definition) is 3. The van der Waals surface area contributed by atoms with Crippen LogP contribution >= 0.6 is 0 Å². The van der Waals surface area contributed by atoms with Crippen molar-refractivity contribution in [2.24, 2.45) is 0 Å². The van der Waals surface area contributed by atoms with Crippen LogP contribution in [0.4, 0.5) is 0 Å². The lowest BCUT2D eigenvalue weighted by Crippen LogP contribution is -2.21. The van der Waals surface area contributed by atoms with Gasteiger partial charge >= 0.3 is 0 Å². The largest absolute Gasteiger partial charge is 0.493 e. The number of carbonyl (C=O) groups excluding carboxylic acids is 1. The predicted molar refractivity (Wildman–Crippen MR) is 71.5 cm³/mol. The van der Waals surface area contributed by atoms with Gasteiger partial charge in [-0.1, -0.05) is 18.2 Å². The number of ether oxygens (including phenoxy) is 1. The van der Waals surface area contributed by atoms with Gasteiger partial charge < -0.3 is 4.74 Å². The first kappa shape index (κ1) is 12.0. The molecule has 2 aromatic rings. The molecule has 1 atom stereocenters. The van der Waals surface area contributed by atoms with Gasteiger partial charge in [0.2, 0.25) is 0 Å². The monoisotopic (exact) mass is 256 g/mol. The van der Waals surface area contributed by atoms with Crippen molar-refractivity contribution in [3.05, 3.63) is 47.8 Å². The standard InChI is InChI=1S/C15H16N2O2/c1-2-17-10-11(9-16-17)15(18)13-7-8-19-14-6-4-3-5-12(13)14/h3-6,9-10,13H,2,7-8H2,1H3. The van der Waals surface area contributed by atoms with Gasteiger partial charge in [-0.2, -0.15) is 5.10 Å². The van der Waals surface area contributed by atoms with Crippen LogP contribution in [0.15, 0.2) is 36.7 Å². The summed E-state index contributed by atoms with van der Waals surface area (Å²) in [4.78, 5) is 12.6. The Hall–Kier alpha value is -2.10. The smallest absolute Gasteiger partial charge is 0.173 e. The van der Waals surface area contributed by atoms with Crippen LogP contribution in [0.3, 0.4) is 0 Å². The fourth-order valence-corrected chi connectivity index (χ4v) is 2.48. The van der Waals surface area contributed by atoms with Crippen molar-refractivity contribution in [1.29, 1.82) is 0 Å². The number of carbonyl (C=O) groups is 1. The number of hydrogen-bond donors (Lipinski definition) is 0. The van der Waals surface area contributed by atoms with Crippen LogP contribution in [0.5, 0.6) is 5.75 Å². The Morgan fingerprint density at radius 3 is 3.11 bits per heavy atom. The van der Waals surface area contributed by atoms with Gasteiger partial charge in [0.15, 0.2) is 5.78 Å². The maximum atomic E-state index is 12.6. The molecule has 0 bridgehead atoms. The molecule has 3 rings (SSSR count). The highest BCUT2D eigenvalue weighted by atomic mass is 16.5. The van der Waals surface area contributed by atoms with E-state index in [1.54, 1.807) is 10.9 Å². The number of aryl methyl sites for hydroxylation is 1. The van der Waals surface area contributed by atoms with Crippen LogP contribution in [0, 0.1) is 0 Å².